The van der Waals surface area contributed by atoms with Crippen molar-refractivity contribution < 1.29 is 4.74 Å². The van der Waals surface area contributed by atoms with Crippen LogP contribution in [0.2, 0.25) is 0 Å². The van der Waals surface area contributed by atoms with E-state index in [4.69, 9.17) is 14.7 Å². The van der Waals surface area contributed by atoms with E-state index < -0.39 is 0 Å². The average Bonchev–Trinajstić information content (AvgIpc) is 3.23. The molecule has 0 aliphatic carbocycles. The van der Waals surface area contributed by atoms with Gasteiger partial charge in [0.25, 0.3) is 0 Å². The number of thiophene rings is 1. The molecule has 0 saturated heterocycles. The lowest BCUT2D eigenvalue weighted by Crippen LogP contribution is -2.02. The highest BCUT2D eigenvalue weighted by Gasteiger charge is 2.15. The highest BCUT2D eigenvalue weighted by Crippen LogP contribution is 2.37. The monoisotopic (exact) mass is 362 g/mol. The van der Waals surface area contributed by atoms with Gasteiger partial charge in [0.05, 0.1) is 6.61 Å². The molecule has 0 radical (unpaired) electrons. The molecule has 4 aromatic rings. The molecule has 26 heavy (non-hydrogen) atoms. The maximum atomic E-state index is 5.92. The van der Waals surface area contributed by atoms with Gasteiger partial charge in [0.15, 0.2) is 5.82 Å². The van der Waals surface area contributed by atoms with E-state index in [9.17, 15) is 0 Å². The van der Waals surface area contributed by atoms with E-state index in [1.807, 2.05) is 32.2 Å². The summed E-state index contributed by atoms with van der Waals surface area (Å²) >= 11 is 1.70. The molecule has 0 atom stereocenters. The summed E-state index contributed by atoms with van der Waals surface area (Å²) in [6.45, 7) is 2.55. The number of anilines is 1. The molecule has 0 fully saturated rings. The van der Waals surface area contributed by atoms with Gasteiger partial charge in [-0.2, -0.15) is 0 Å². The number of hydrogen-bond donors (Lipinski definition) is 1. The van der Waals surface area contributed by atoms with Gasteiger partial charge in [-0.05, 0) is 48.2 Å². The number of ether oxygens (including phenoxy) is 1. The summed E-state index contributed by atoms with van der Waals surface area (Å²) in [5, 5.41) is 6.21. The summed E-state index contributed by atoms with van der Waals surface area (Å²) in [6, 6.07) is 12.1. The Morgan fingerprint density at radius 1 is 1.12 bits per heavy atom. The number of pyridine rings is 1. The Bertz CT molecular complexity index is 1030. The van der Waals surface area contributed by atoms with Crippen LogP contribution >= 0.6 is 11.3 Å². The Labute approximate surface area is 155 Å². The minimum absolute atomic E-state index is 0.574. The molecule has 6 heteroatoms. The SMILES string of the molecule is CCOc1cc(-c2cccs2)cc2c(NC)nc(-c3cccnc3)nc12. The van der Waals surface area contributed by atoms with Crippen molar-refractivity contribution in [3.05, 3.63) is 54.2 Å². The standard InChI is InChI=1S/C20H18N4OS/c1-3-25-16-11-14(17-7-5-9-26-17)10-15-18(16)23-19(24-20(15)21-2)13-6-4-8-22-12-13/h4-12H,3H2,1-2H3,(H,21,23,24). The fraction of sp³-hybridized carbons (Fsp3) is 0.150. The molecule has 5 nitrogen and oxygen atoms in total. The van der Waals surface area contributed by atoms with Crippen LogP contribution in [0.5, 0.6) is 5.75 Å². The molecule has 4 rings (SSSR count). The molecule has 0 aliphatic heterocycles. The van der Waals surface area contributed by atoms with Gasteiger partial charge < -0.3 is 10.1 Å². The largest absolute Gasteiger partial charge is 0.492 e. The van der Waals surface area contributed by atoms with Crippen LogP contribution in [0.25, 0.3) is 32.7 Å². The van der Waals surface area contributed by atoms with Gasteiger partial charge in [0.2, 0.25) is 0 Å². The normalized spacial score (nSPS) is 10.8. The zero-order valence-electron chi connectivity index (χ0n) is 14.6. The van der Waals surface area contributed by atoms with E-state index >= 15 is 0 Å². The van der Waals surface area contributed by atoms with Gasteiger partial charge in [-0.1, -0.05) is 6.07 Å². The van der Waals surface area contributed by atoms with Crippen LogP contribution in [0.4, 0.5) is 5.82 Å². The highest BCUT2D eigenvalue weighted by molar-refractivity contribution is 7.13. The fourth-order valence-corrected chi connectivity index (χ4v) is 3.58. The Balaban J connectivity index is 1.99. The van der Waals surface area contributed by atoms with Crippen LogP contribution in [0.1, 0.15) is 6.92 Å². The number of fused-ring (bicyclic) bond motifs is 1. The zero-order chi connectivity index (χ0) is 17.9. The lowest BCUT2D eigenvalue weighted by atomic mass is 10.1. The van der Waals surface area contributed by atoms with E-state index in [0.717, 1.165) is 33.6 Å². The number of nitrogens with zero attached hydrogens (tertiary/aromatic N) is 3. The third-order valence-corrected chi connectivity index (χ3v) is 4.95. The molecule has 0 spiro atoms. The Morgan fingerprint density at radius 3 is 2.73 bits per heavy atom. The lowest BCUT2D eigenvalue weighted by molar-refractivity contribution is 0.344. The summed E-state index contributed by atoms with van der Waals surface area (Å²) in [5.41, 5.74) is 2.77. The van der Waals surface area contributed by atoms with Gasteiger partial charge in [-0.15, -0.1) is 11.3 Å². The zero-order valence-corrected chi connectivity index (χ0v) is 15.4. The molecule has 0 aliphatic rings. The lowest BCUT2D eigenvalue weighted by Gasteiger charge is -2.13. The van der Waals surface area contributed by atoms with Gasteiger partial charge in [-0.25, -0.2) is 9.97 Å². The second-order valence-corrected chi connectivity index (χ2v) is 6.62. The van der Waals surface area contributed by atoms with Crippen LogP contribution in [0.3, 0.4) is 0 Å². The Hall–Kier alpha value is -2.99. The average molecular weight is 362 g/mol. The fourth-order valence-electron chi connectivity index (χ4n) is 2.87. The van der Waals surface area contributed by atoms with Crippen molar-refractivity contribution >= 4 is 28.1 Å². The molecule has 3 aromatic heterocycles. The number of hydrogen-bond acceptors (Lipinski definition) is 6. The topological polar surface area (TPSA) is 59.9 Å². The maximum absolute atomic E-state index is 5.92. The summed E-state index contributed by atoms with van der Waals surface area (Å²) in [6.07, 6.45) is 3.50. The van der Waals surface area contributed by atoms with E-state index in [1.165, 1.54) is 4.88 Å². The van der Waals surface area contributed by atoms with E-state index in [-0.39, 0.29) is 0 Å². The van der Waals surface area contributed by atoms with Gasteiger partial charge >= 0.3 is 0 Å². The van der Waals surface area contributed by atoms with Crippen LogP contribution in [0, 0.1) is 0 Å². The molecule has 1 N–H and O–H groups in total. The first-order valence-electron chi connectivity index (χ1n) is 8.40. The molecule has 0 saturated carbocycles. The molecule has 130 valence electrons. The predicted octanol–water partition coefficient (Wildman–Crippen LogP) is 4.86. The van der Waals surface area contributed by atoms with Crippen molar-refractivity contribution in [2.75, 3.05) is 19.0 Å². The minimum atomic E-state index is 0.574. The van der Waals surface area contributed by atoms with Crippen molar-refractivity contribution in [2.45, 2.75) is 6.92 Å². The second-order valence-electron chi connectivity index (χ2n) is 5.67. The number of rotatable bonds is 5. The molecule has 0 unspecified atom stereocenters. The summed E-state index contributed by atoms with van der Waals surface area (Å²) in [5.74, 6) is 2.16. The van der Waals surface area contributed by atoms with Crippen molar-refractivity contribution in [2.24, 2.45) is 0 Å². The number of benzene rings is 1. The third kappa shape index (κ3) is 2.99. The summed E-state index contributed by atoms with van der Waals surface area (Å²) < 4.78 is 5.92. The minimum Gasteiger partial charge on any atom is -0.492 e. The summed E-state index contributed by atoms with van der Waals surface area (Å²) in [7, 11) is 1.87. The second kappa shape index (κ2) is 7.09. The van der Waals surface area contributed by atoms with Crippen molar-refractivity contribution in [3.63, 3.8) is 0 Å². The Morgan fingerprint density at radius 2 is 2.04 bits per heavy atom. The first-order chi connectivity index (χ1) is 12.8. The highest BCUT2D eigenvalue weighted by atomic mass is 32.1. The molecule has 0 bridgehead atoms. The van der Waals surface area contributed by atoms with E-state index in [2.05, 4.69) is 33.9 Å². The van der Waals surface area contributed by atoms with Crippen LogP contribution in [0.15, 0.2) is 54.2 Å². The van der Waals surface area contributed by atoms with Crippen molar-refractivity contribution in [1.82, 2.24) is 15.0 Å². The first-order valence-corrected chi connectivity index (χ1v) is 9.28. The third-order valence-electron chi connectivity index (χ3n) is 4.03. The molecule has 3 heterocycles. The number of aromatic nitrogens is 3. The predicted molar refractivity (Wildman–Crippen MR) is 107 cm³/mol. The van der Waals surface area contributed by atoms with E-state index in [1.54, 1.807) is 23.7 Å². The molecule has 1 aromatic carbocycles. The van der Waals surface area contributed by atoms with E-state index in [0.29, 0.717) is 12.4 Å². The first kappa shape index (κ1) is 16.5. The van der Waals surface area contributed by atoms with Gasteiger partial charge in [0, 0.05) is 35.3 Å². The van der Waals surface area contributed by atoms with Crippen LogP contribution in [-0.4, -0.2) is 28.6 Å². The van der Waals surface area contributed by atoms with Crippen molar-refractivity contribution in [3.8, 4) is 27.6 Å². The molecule has 0 amide bonds. The van der Waals surface area contributed by atoms with Gasteiger partial charge in [-0.3, -0.25) is 4.98 Å². The molecular weight excluding hydrogens is 344 g/mol. The summed E-state index contributed by atoms with van der Waals surface area (Å²) in [4.78, 5) is 14.8. The van der Waals surface area contributed by atoms with Crippen LogP contribution in [-0.2, 0) is 0 Å². The van der Waals surface area contributed by atoms with Crippen molar-refractivity contribution in [1.29, 1.82) is 0 Å². The quantitative estimate of drug-likeness (QED) is 0.549. The number of nitrogens with one attached hydrogen (secondary N) is 1. The maximum Gasteiger partial charge on any atom is 0.163 e. The van der Waals surface area contributed by atoms with Gasteiger partial charge in [0.1, 0.15) is 17.1 Å². The smallest absolute Gasteiger partial charge is 0.163 e. The van der Waals surface area contributed by atoms with Crippen LogP contribution < -0.4 is 10.1 Å². The molecular formula is C20H18N4OS. The Kier molecular flexibility index (Phi) is 4.50.